The van der Waals surface area contributed by atoms with Gasteiger partial charge in [0.1, 0.15) is 0 Å². The quantitative estimate of drug-likeness (QED) is 0.626. The predicted octanol–water partition coefficient (Wildman–Crippen LogP) is 0.982. The molecule has 66 valence electrons. The van der Waals surface area contributed by atoms with Crippen molar-refractivity contribution in [2.45, 2.75) is 37.0 Å². The minimum absolute atomic E-state index is 0.0437. The van der Waals surface area contributed by atoms with Gasteiger partial charge in [0, 0.05) is 5.25 Å². The maximum Gasteiger partial charge on any atom is 0.0658 e. The molecule has 1 fully saturated rings. The van der Waals surface area contributed by atoms with Crippen molar-refractivity contribution < 1.29 is 5.11 Å². The van der Waals surface area contributed by atoms with Crippen molar-refractivity contribution in [3.8, 4) is 0 Å². The summed E-state index contributed by atoms with van der Waals surface area (Å²) in [7, 11) is 0. The van der Waals surface area contributed by atoms with Crippen molar-refractivity contribution in [3.05, 3.63) is 0 Å². The lowest BCUT2D eigenvalue weighted by Gasteiger charge is -2.12. The third-order valence-corrected chi connectivity index (χ3v) is 3.60. The van der Waals surface area contributed by atoms with E-state index in [4.69, 9.17) is 5.73 Å². The highest BCUT2D eigenvalue weighted by atomic mass is 32.2. The molecule has 1 rings (SSSR count). The number of aliphatic hydroxyl groups is 1. The fourth-order valence-corrected chi connectivity index (χ4v) is 2.75. The van der Waals surface area contributed by atoms with E-state index < -0.39 is 0 Å². The second-order valence-corrected chi connectivity index (χ2v) is 4.40. The fourth-order valence-electron chi connectivity index (χ4n) is 1.42. The Morgan fingerprint density at radius 3 is 2.82 bits per heavy atom. The molecule has 0 aromatic heterocycles. The molecule has 2 nitrogen and oxygen atoms in total. The second-order valence-electron chi connectivity index (χ2n) is 3.05. The lowest BCUT2D eigenvalue weighted by atomic mass is 10.3. The van der Waals surface area contributed by atoms with E-state index in [1.165, 1.54) is 12.8 Å². The van der Waals surface area contributed by atoms with E-state index in [2.05, 4.69) is 0 Å². The number of rotatable bonds is 4. The number of hydrogen-bond donors (Lipinski definition) is 2. The summed E-state index contributed by atoms with van der Waals surface area (Å²) in [6, 6.07) is 0. The van der Waals surface area contributed by atoms with Crippen LogP contribution < -0.4 is 5.73 Å². The number of aliphatic hydroxyl groups excluding tert-OH is 1. The second kappa shape index (κ2) is 5.01. The fraction of sp³-hybridized carbons (Fsp3) is 1.00. The van der Waals surface area contributed by atoms with Crippen LogP contribution in [-0.4, -0.2) is 28.8 Å². The van der Waals surface area contributed by atoms with Crippen LogP contribution in [0.5, 0.6) is 0 Å². The van der Waals surface area contributed by atoms with Gasteiger partial charge in [-0.3, -0.25) is 0 Å². The van der Waals surface area contributed by atoms with E-state index >= 15 is 0 Å². The number of nitrogens with two attached hydrogens (primary N) is 1. The van der Waals surface area contributed by atoms with Crippen LogP contribution in [-0.2, 0) is 0 Å². The molecular formula is C8H17NOS. The third kappa shape index (κ3) is 3.01. The standard InChI is InChI=1S/C8H17NOS/c9-5-2-6-11-8-4-1-3-7(8)10/h7-8,10H,1-6,9H2. The SMILES string of the molecule is NCCCSC1CCCC1O. The predicted molar refractivity (Wildman–Crippen MR) is 49.8 cm³/mol. The Bertz CT molecular complexity index is 110. The smallest absolute Gasteiger partial charge is 0.0658 e. The van der Waals surface area contributed by atoms with Crippen molar-refractivity contribution in [3.63, 3.8) is 0 Å². The van der Waals surface area contributed by atoms with Gasteiger partial charge in [0.05, 0.1) is 6.10 Å². The highest BCUT2D eigenvalue weighted by Gasteiger charge is 2.24. The van der Waals surface area contributed by atoms with Gasteiger partial charge in [-0.05, 0) is 38.0 Å². The van der Waals surface area contributed by atoms with Crippen molar-refractivity contribution >= 4 is 11.8 Å². The van der Waals surface area contributed by atoms with Crippen molar-refractivity contribution in [1.82, 2.24) is 0 Å². The molecule has 0 heterocycles. The lowest BCUT2D eigenvalue weighted by molar-refractivity contribution is 0.188. The molecule has 0 bridgehead atoms. The molecule has 0 radical (unpaired) electrons. The van der Waals surface area contributed by atoms with Gasteiger partial charge in [-0.1, -0.05) is 0 Å². The van der Waals surface area contributed by atoms with Crippen molar-refractivity contribution in [1.29, 1.82) is 0 Å². The van der Waals surface area contributed by atoms with Gasteiger partial charge in [0.2, 0.25) is 0 Å². The first-order valence-corrected chi connectivity index (χ1v) is 5.39. The van der Waals surface area contributed by atoms with Crippen molar-refractivity contribution in [2.24, 2.45) is 5.73 Å². The highest BCUT2D eigenvalue weighted by molar-refractivity contribution is 7.99. The topological polar surface area (TPSA) is 46.2 Å². The Hall–Kier alpha value is 0.270. The summed E-state index contributed by atoms with van der Waals surface area (Å²) < 4.78 is 0. The molecule has 0 spiro atoms. The molecule has 2 unspecified atom stereocenters. The van der Waals surface area contributed by atoms with Gasteiger partial charge >= 0.3 is 0 Å². The number of hydrogen-bond acceptors (Lipinski definition) is 3. The molecule has 1 aliphatic carbocycles. The first-order chi connectivity index (χ1) is 5.34. The Kier molecular flexibility index (Phi) is 4.26. The molecule has 3 heteroatoms. The van der Waals surface area contributed by atoms with Crippen molar-refractivity contribution in [2.75, 3.05) is 12.3 Å². The molecular weight excluding hydrogens is 158 g/mol. The van der Waals surface area contributed by atoms with E-state index in [9.17, 15) is 5.11 Å². The van der Waals surface area contributed by atoms with E-state index in [-0.39, 0.29) is 6.10 Å². The lowest BCUT2D eigenvalue weighted by Crippen LogP contribution is -2.16. The zero-order valence-corrected chi connectivity index (χ0v) is 7.65. The van der Waals surface area contributed by atoms with Gasteiger partial charge < -0.3 is 10.8 Å². The highest BCUT2D eigenvalue weighted by Crippen LogP contribution is 2.29. The summed E-state index contributed by atoms with van der Waals surface area (Å²) in [5, 5.41) is 9.94. The third-order valence-electron chi connectivity index (χ3n) is 2.10. The van der Waals surface area contributed by atoms with Crippen LogP contribution in [0.25, 0.3) is 0 Å². The number of thioether (sulfide) groups is 1. The molecule has 1 saturated carbocycles. The van der Waals surface area contributed by atoms with Gasteiger partial charge in [0.25, 0.3) is 0 Å². The molecule has 0 amide bonds. The van der Waals surface area contributed by atoms with Crippen LogP contribution >= 0.6 is 11.8 Å². The van der Waals surface area contributed by atoms with Crippen LogP contribution in [0.15, 0.2) is 0 Å². The summed E-state index contributed by atoms with van der Waals surface area (Å²) in [4.78, 5) is 0. The van der Waals surface area contributed by atoms with Gasteiger partial charge in [-0.2, -0.15) is 11.8 Å². The Balaban J connectivity index is 2.05. The zero-order valence-electron chi connectivity index (χ0n) is 6.83. The van der Waals surface area contributed by atoms with E-state index in [0.29, 0.717) is 5.25 Å². The summed E-state index contributed by atoms with van der Waals surface area (Å²) >= 11 is 1.89. The van der Waals surface area contributed by atoms with Gasteiger partial charge in [-0.25, -0.2) is 0 Å². The zero-order chi connectivity index (χ0) is 8.10. The normalized spacial score (nSPS) is 31.1. The maximum atomic E-state index is 9.44. The van der Waals surface area contributed by atoms with Gasteiger partial charge in [-0.15, -0.1) is 0 Å². The first-order valence-electron chi connectivity index (χ1n) is 4.34. The molecule has 2 atom stereocenters. The molecule has 0 aliphatic heterocycles. The first kappa shape index (κ1) is 9.36. The monoisotopic (exact) mass is 175 g/mol. The van der Waals surface area contributed by atoms with Crippen LogP contribution in [0.1, 0.15) is 25.7 Å². The van der Waals surface area contributed by atoms with Crippen LogP contribution in [0.4, 0.5) is 0 Å². The summed E-state index contributed by atoms with van der Waals surface area (Å²) in [6.45, 7) is 0.774. The van der Waals surface area contributed by atoms with E-state index in [1.54, 1.807) is 0 Å². The summed E-state index contributed by atoms with van der Waals surface area (Å²) in [6.07, 6.45) is 4.42. The van der Waals surface area contributed by atoms with E-state index in [0.717, 1.165) is 25.1 Å². The largest absolute Gasteiger partial charge is 0.392 e. The van der Waals surface area contributed by atoms with Crippen LogP contribution in [0.2, 0.25) is 0 Å². The maximum absolute atomic E-state index is 9.44. The Labute approximate surface area is 72.5 Å². The Morgan fingerprint density at radius 2 is 2.27 bits per heavy atom. The molecule has 1 aliphatic rings. The van der Waals surface area contributed by atoms with Gasteiger partial charge in [0.15, 0.2) is 0 Å². The molecule has 0 aromatic carbocycles. The minimum Gasteiger partial charge on any atom is -0.392 e. The summed E-state index contributed by atoms with van der Waals surface area (Å²) in [5.41, 5.74) is 5.37. The van der Waals surface area contributed by atoms with Crippen LogP contribution in [0, 0.1) is 0 Å². The molecule has 0 aromatic rings. The molecule has 11 heavy (non-hydrogen) atoms. The van der Waals surface area contributed by atoms with E-state index in [1.807, 2.05) is 11.8 Å². The molecule has 0 saturated heterocycles. The molecule has 3 N–H and O–H groups in total. The average molecular weight is 175 g/mol. The summed E-state index contributed by atoms with van der Waals surface area (Å²) in [5.74, 6) is 1.11. The average Bonchev–Trinajstić information content (AvgIpc) is 2.37. The minimum atomic E-state index is -0.0437. The van der Waals surface area contributed by atoms with Crippen LogP contribution in [0.3, 0.4) is 0 Å². The Morgan fingerprint density at radius 1 is 1.45 bits per heavy atom.